The van der Waals surface area contributed by atoms with Gasteiger partial charge in [-0.05, 0) is 38.0 Å². The number of phosphoric acid groups is 1. The Balaban J connectivity index is 2.25. The van der Waals surface area contributed by atoms with E-state index in [1.54, 1.807) is 12.2 Å². The van der Waals surface area contributed by atoms with E-state index in [-0.39, 0.29) is 43.5 Å². The molecular formula is C44H79O11P. The number of aliphatic hydroxyl groups excluding tert-OH is 2. The van der Waals surface area contributed by atoms with E-state index in [4.69, 9.17) is 19.3 Å². The summed E-state index contributed by atoms with van der Waals surface area (Å²) in [6.07, 6.45) is 29.7. The third-order valence-electron chi connectivity index (χ3n) is 10.9. The van der Waals surface area contributed by atoms with Crippen molar-refractivity contribution in [1.29, 1.82) is 0 Å². The van der Waals surface area contributed by atoms with Crippen LogP contribution in [0.2, 0.25) is 0 Å². The van der Waals surface area contributed by atoms with E-state index < -0.39 is 44.7 Å². The van der Waals surface area contributed by atoms with E-state index in [0.29, 0.717) is 32.1 Å². The van der Waals surface area contributed by atoms with Crippen LogP contribution in [0, 0.1) is 17.8 Å². The fourth-order valence-electron chi connectivity index (χ4n) is 7.10. The second-order valence-electron chi connectivity index (χ2n) is 16.1. The molecule has 11 nitrogen and oxygen atoms in total. The van der Waals surface area contributed by atoms with Gasteiger partial charge in [0.15, 0.2) is 6.10 Å². The van der Waals surface area contributed by atoms with Crippen molar-refractivity contribution >= 4 is 25.5 Å². The van der Waals surface area contributed by atoms with E-state index >= 15 is 0 Å². The molecule has 1 unspecified atom stereocenters. The first kappa shape index (κ1) is 52.1. The van der Waals surface area contributed by atoms with E-state index in [1.165, 1.54) is 77.0 Å². The Labute approximate surface area is 339 Å². The maximum atomic E-state index is 12.5. The number of allylic oxidation sites excluding steroid dienone is 2. The van der Waals surface area contributed by atoms with Crippen molar-refractivity contribution in [2.45, 2.75) is 206 Å². The topological polar surface area (TPSA) is 177 Å². The number of hydrogen-bond donors (Lipinski definition) is 4. The SMILES string of the molecule is CCCCC[C@H](O)/C=C/[C@H]1[C@H](O)CC(=O)[C@@H]1C/C=C\CCCC(=O)O[C@H](COC(=O)CCCCCCCCCCCCCCCCC(C)CC)COP(=O)(O)O. The fourth-order valence-corrected chi connectivity index (χ4v) is 7.46. The third-order valence-corrected chi connectivity index (χ3v) is 11.4. The molecule has 0 heterocycles. The van der Waals surface area contributed by atoms with Crippen molar-refractivity contribution in [3.8, 4) is 0 Å². The maximum Gasteiger partial charge on any atom is 0.469 e. The molecule has 0 bridgehead atoms. The lowest BCUT2D eigenvalue weighted by Crippen LogP contribution is -2.29. The lowest BCUT2D eigenvalue weighted by Gasteiger charge is -2.18. The quantitative estimate of drug-likeness (QED) is 0.0205. The molecule has 0 radical (unpaired) electrons. The number of Topliss-reactive ketones (excluding diaryl/α,β-unsaturated/α-hetero) is 1. The molecular weight excluding hydrogens is 735 g/mol. The zero-order chi connectivity index (χ0) is 41.4. The molecule has 1 rings (SSSR count). The standard InChI is InChI=1S/C44H79O11P/c1-4-6-21-27-37(45)31-32-40-39(41(46)33-42(40)47)28-23-19-20-25-30-44(49)55-38(35-54-56(50,51)52)34-53-43(48)29-24-18-16-14-12-10-8-7-9-11-13-15-17-22-26-36(3)5-2/h19,23,31-32,36-40,42,45,47H,4-18,20-22,24-30,33-35H2,1-3H3,(H2,50,51,52)/b23-19-,32-31+/t36?,37-,38+,39+,40+,42+/m0/s1. The molecule has 12 heteroatoms. The van der Waals surface area contributed by atoms with Crippen LogP contribution in [0.15, 0.2) is 24.3 Å². The Bertz CT molecular complexity index is 1140. The average molecular weight is 815 g/mol. The van der Waals surface area contributed by atoms with Gasteiger partial charge >= 0.3 is 19.8 Å². The molecule has 0 aromatic heterocycles. The van der Waals surface area contributed by atoms with Crippen molar-refractivity contribution in [1.82, 2.24) is 0 Å². The Morgan fingerprint density at radius 1 is 0.786 bits per heavy atom. The van der Waals surface area contributed by atoms with Crippen LogP contribution in [0.3, 0.4) is 0 Å². The molecule has 1 saturated carbocycles. The van der Waals surface area contributed by atoms with Crippen LogP contribution >= 0.6 is 7.82 Å². The van der Waals surface area contributed by atoms with E-state index in [9.17, 15) is 29.2 Å². The second kappa shape index (κ2) is 33.0. The smallest absolute Gasteiger partial charge is 0.462 e. The molecule has 6 atom stereocenters. The van der Waals surface area contributed by atoms with Crippen LogP contribution < -0.4 is 0 Å². The molecule has 1 fully saturated rings. The number of hydrogen-bond acceptors (Lipinski definition) is 9. The van der Waals surface area contributed by atoms with Crippen molar-refractivity contribution in [2.24, 2.45) is 17.8 Å². The lowest BCUT2D eigenvalue weighted by molar-refractivity contribution is -0.161. The lowest BCUT2D eigenvalue weighted by atomic mass is 9.90. The van der Waals surface area contributed by atoms with Gasteiger partial charge in [0, 0.05) is 31.1 Å². The number of aliphatic hydroxyl groups is 2. The van der Waals surface area contributed by atoms with Crippen molar-refractivity contribution in [3.05, 3.63) is 24.3 Å². The second-order valence-corrected chi connectivity index (χ2v) is 17.3. The first-order valence-corrected chi connectivity index (χ1v) is 23.7. The Morgan fingerprint density at radius 2 is 1.36 bits per heavy atom. The number of ether oxygens (including phenoxy) is 2. The molecule has 0 aromatic rings. The first-order chi connectivity index (χ1) is 26.9. The molecule has 1 aliphatic rings. The summed E-state index contributed by atoms with van der Waals surface area (Å²) in [6, 6.07) is 0. The molecule has 4 N–H and O–H groups in total. The molecule has 0 aliphatic heterocycles. The maximum absolute atomic E-state index is 12.5. The van der Waals surface area contributed by atoms with Crippen LogP contribution in [0.4, 0.5) is 0 Å². The Kier molecular flexibility index (Phi) is 30.7. The predicted octanol–water partition coefficient (Wildman–Crippen LogP) is 10.0. The van der Waals surface area contributed by atoms with Crippen molar-refractivity contribution in [3.63, 3.8) is 0 Å². The number of phosphoric ester groups is 1. The van der Waals surface area contributed by atoms with Crippen LogP contribution in [-0.2, 0) is 32.9 Å². The van der Waals surface area contributed by atoms with Crippen LogP contribution in [0.25, 0.3) is 0 Å². The fraction of sp³-hybridized carbons (Fsp3) is 0.841. The van der Waals surface area contributed by atoms with Gasteiger partial charge in [0.2, 0.25) is 0 Å². The normalized spacial score (nSPS) is 19.2. The third kappa shape index (κ3) is 28.5. The zero-order valence-electron chi connectivity index (χ0n) is 35.2. The molecule has 0 aromatic carbocycles. The summed E-state index contributed by atoms with van der Waals surface area (Å²) in [5.74, 6) is -0.952. The highest BCUT2D eigenvalue weighted by atomic mass is 31.2. The van der Waals surface area contributed by atoms with Gasteiger partial charge in [-0.1, -0.05) is 161 Å². The predicted molar refractivity (Wildman–Crippen MR) is 222 cm³/mol. The summed E-state index contributed by atoms with van der Waals surface area (Å²) in [5, 5.41) is 20.6. The molecule has 56 heavy (non-hydrogen) atoms. The number of rotatable bonds is 36. The number of carbonyl (C=O) groups is 3. The molecule has 1 aliphatic carbocycles. The largest absolute Gasteiger partial charge is 0.469 e. The van der Waals surface area contributed by atoms with Gasteiger partial charge in [0.25, 0.3) is 0 Å². The van der Waals surface area contributed by atoms with Crippen molar-refractivity contribution < 1.29 is 52.9 Å². The van der Waals surface area contributed by atoms with Crippen LogP contribution in [-0.4, -0.2) is 69.2 Å². The van der Waals surface area contributed by atoms with Gasteiger partial charge in [-0.2, -0.15) is 0 Å². The summed E-state index contributed by atoms with van der Waals surface area (Å²) in [4.78, 5) is 55.6. The van der Waals surface area contributed by atoms with E-state index in [0.717, 1.165) is 44.4 Å². The Morgan fingerprint density at radius 3 is 1.95 bits per heavy atom. The summed E-state index contributed by atoms with van der Waals surface area (Å²) in [6.45, 7) is 5.74. The van der Waals surface area contributed by atoms with E-state index in [2.05, 4.69) is 25.3 Å². The zero-order valence-corrected chi connectivity index (χ0v) is 36.1. The van der Waals surface area contributed by atoms with Gasteiger partial charge in [-0.15, -0.1) is 0 Å². The average Bonchev–Trinajstić information content (AvgIpc) is 3.43. The number of ketones is 1. The minimum absolute atomic E-state index is 0.0137. The van der Waals surface area contributed by atoms with Gasteiger partial charge in [-0.25, -0.2) is 4.57 Å². The van der Waals surface area contributed by atoms with Gasteiger partial charge in [0.05, 0.1) is 18.8 Å². The monoisotopic (exact) mass is 815 g/mol. The summed E-state index contributed by atoms with van der Waals surface area (Å²) in [5.41, 5.74) is 0. The summed E-state index contributed by atoms with van der Waals surface area (Å²) in [7, 11) is -4.83. The number of esters is 2. The molecule has 0 amide bonds. The summed E-state index contributed by atoms with van der Waals surface area (Å²) >= 11 is 0. The number of unbranched alkanes of at least 4 members (excludes halogenated alkanes) is 16. The molecule has 0 saturated heterocycles. The summed E-state index contributed by atoms with van der Waals surface area (Å²) < 4.78 is 26.4. The molecule has 0 spiro atoms. The van der Waals surface area contributed by atoms with Crippen molar-refractivity contribution in [2.75, 3.05) is 13.2 Å². The number of carbonyl (C=O) groups excluding carboxylic acids is 3. The minimum atomic E-state index is -4.83. The highest BCUT2D eigenvalue weighted by Gasteiger charge is 2.39. The molecule has 326 valence electrons. The van der Waals surface area contributed by atoms with Crippen LogP contribution in [0.5, 0.6) is 0 Å². The van der Waals surface area contributed by atoms with Gasteiger partial charge in [-0.3, -0.25) is 18.9 Å². The Hall–Kier alpha value is -1.88. The first-order valence-electron chi connectivity index (χ1n) is 22.1. The van der Waals surface area contributed by atoms with Gasteiger partial charge in [0.1, 0.15) is 12.4 Å². The minimum Gasteiger partial charge on any atom is -0.462 e. The highest BCUT2D eigenvalue weighted by molar-refractivity contribution is 7.46. The van der Waals surface area contributed by atoms with Crippen LogP contribution in [0.1, 0.15) is 188 Å². The van der Waals surface area contributed by atoms with E-state index in [1.807, 2.05) is 12.2 Å². The van der Waals surface area contributed by atoms with Gasteiger partial charge < -0.3 is 29.5 Å². The highest BCUT2D eigenvalue weighted by Crippen LogP contribution is 2.36.